The van der Waals surface area contributed by atoms with E-state index in [2.05, 4.69) is 23.4 Å². The van der Waals surface area contributed by atoms with Crippen molar-refractivity contribution in [3.8, 4) is 23.3 Å². The fourth-order valence-corrected chi connectivity index (χ4v) is 4.54. The van der Waals surface area contributed by atoms with Crippen LogP contribution in [0.25, 0.3) is 10.9 Å². The highest BCUT2D eigenvalue weighted by Crippen LogP contribution is 2.45. The number of methoxy groups -OCH3 is 2. The zero-order valence-electron chi connectivity index (χ0n) is 19.4. The highest BCUT2D eigenvalue weighted by atomic mass is 16.5. The van der Waals surface area contributed by atoms with E-state index in [1.54, 1.807) is 25.2 Å². The van der Waals surface area contributed by atoms with Gasteiger partial charge in [-0.3, -0.25) is 9.48 Å². The Morgan fingerprint density at radius 3 is 2.56 bits per heavy atom. The van der Waals surface area contributed by atoms with Crippen LogP contribution in [0.4, 0.5) is 5.82 Å². The van der Waals surface area contributed by atoms with Gasteiger partial charge in [0.2, 0.25) is 5.91 Å². The van der Waals surface area contributed by atoms with Gasteiger partial charge in [0.1, 0.15) is 23.0 Å². The van der Waals surface area contributed by atoms with E-state index in [4.69, 9.17) is 20.3 Å². The van der Waals surface area contributed by atoms with Gasteiger partial charge in [-0.25, -0.2) is 4.98 Å². The lowest BCUT2D eigenvalue weighted by Crippen LogP contribution is -2.27. The summed E-state index contributed by atoms with van der Waals surface area (Å²) >= 11 is 0. The van der Waals surface area contributed by atoms with Gasteiger partial charge in [0.05, 0.1) is 31.2 Å². The number of nitrogens with two attached hydrogens (primary N) is 1. The second-order valence-electron chi connectivity index (χ2n) is 8.67. The molecule has 8 nitrogen and oxygen atoms in total. The minimum atomic E-state index is -0.0606. The molecule has 34 heavy (non-hydrogen) atoms. The standard InChI is InChI=1S/C26H27N5O3/c1-4-23(32)30-10-9-18(15-30)31-25-21(17-6-7-17)14-28-26(27)24(25)22(29-31)8-5-16-11-19(33-2)13-20(12-16)34-3/h4,11-14,17-18H,1,6-7,9-10,15H2,2-3H3,(H2,27,28)/t18-/m0/s1. The topological polar surface area (TPSA) is 95.5 Å². The molecule has 174 valence electrons. The fraction of sp³-hybridized carbons (Fsp3) is 0.346. The van der Waals surface area contributed by atoms with Gasteiger partial charge >= 0.3 is 0 Å². The summed E-state index contributed by atoms with van der Waals surface area (Å²) in [4.78, 5) is 18.4. The monoisotopic (exact) mass is 457 g/mol. The second-order valence-corrected chi connectivity index (χ2v) is 8.67. The van der Waals surface area contributed by atoms with E-state index in [0.717, 1.165) is 41.3 Å². The Labute approximate surface area is 198 Å². The first-order valence-corrected chi connectivity index (χ1v) is 11.4. The molecule has 2 N–H and O–H groups in total. The molecule has 2 aliphatic rings. The molecule has 0 spiro atoms. The van der Waals surface area contributed by atoms with E-state index in [1.807, 2.05) is 23.0 Å². The molecule has 1 aliphatic carbocycles. The van der Waals surface area contributed by atoms with E-state index in [0.29, 0.717) is 42.0 Å². The average Bonchev–Trinajstić information content (AvgIpc) is 3.45. The number of carbonyl (C=O) groups is 1. The Kier molecular flexibility index (Phi) is 5.62. The summed E-state index contributed by atoms with van der Waals surface area (Å²) < 4.78 is 12.7. The maximum absolute atomic E-state index is 12.2. The number of hydrogen-bond acceptors (Lipinski definition) is 6. The van der Waals surface area contributed by atoms with Crippen LogP contribution in [-0.2, 0) is 4.79 Å². The van der Waals surface area contributed by atoms with Gasteiger partial charge < -0.3 is 20.1 Å². The number of nitrogen functional groups attached to an aromatic ring is 1. The molecule has 2 fully saturated rings. The minimum Gasteiger partial charge on any atom is -0.497 e. The van der Waals surface area contributed by atoms with Crippen LogP contribution < -0.4 is 15.2 Å². The molecule has 3 aromatic rings. The van der Waals surface area contributed by atoms with Crippen molar-refractivity contribution in [3.05, 3.63) is 53.9 Å². The first kappa shape index (κ1) is 21.8. The van der Waals surface area contributed by atoms with Gasteiger partial charge in [-0.2, -0.15) is 5.10 Å². The summed E-state index contributed by atoms with van der Waals surface area (Å²) in [6.07, 6.45) is 6.30. The smallest absolute Gasteiger partial charge is 0.246 e. The second kappa shape index (κ2) is 8.75. The van der Waals surface area contributed by atoms with Gasteiger partial charge in [-0.05, 0) is 54.9 Å². The van der Waals surface area contributed by atoms with Crippen LogP contribution in [0.2, 0.25) is 0 Å². The summed E-state index contributed by atoms with van der Waals surface area (Å²) in [5, 5.41) is 5.70. The molecule has 0 radical (unpaired) electrons. The minimum absolute atomic E-state index is 0.0400. The summed E-state index contributed by atoms with van der Waals surface area (Å²) in [6, 6.07) is 5.54. The lowest BCUT2D eigenvalue weighted by atomic mass is 10.1. The van der Waals surface area contributed by atoms with E-state index >= 15 is 0 Å². The average molecular weight is 458 g/mol. The molecule has 8 heteroatoms. The maximum Gasteiger partial charge on any atom is 0.246 e. The van der Waals surface area contributed by atoms with Crippen LogP contribution in [0.3, 0.4) is 0 Å². The molecule has 1 saturated carbocycles. The number of fused-ring (bicyclic) bond motifs is 1. The van der Waals surface area contributed by atoms with Gasteiger partial charge in [-0.1, -0.05) is 12.5 Å². The molecule has 0 bridgehead atoms. The number of rotatable bonds is 5. The molecule has 3 heterocycles. The molecular formula is C26H27N5O3. The lowest BCUT2D eigenvalue weighted by molar-refractivity contribution is -0.125. The van der Waals surface area contributed by atoms with Crippen molar-refractivity contribution in [3.63, 3.8) is 0 Å². The Bertz CT molecular complexity index is 1320. The molecule has 1 amide bonds. The number of benzene rings is 1. The Morgan fingerprint density at radius 2 is 1.91 bits per heavy atom. The normalized spacial score (nSPS) is 17.4. The predicted molar refractivity (Wildman–Crippen MR) is 130 cm³/mol. The summed E-state index contributed by atoms with van der Waals surface area (Å²) in [5.41, 5.74) is 9.83. The van der Waals surface area contributed by atoms with E-state index in [9.17, 15) is 4.79 Å². The predicted octanol–water partition coefficient (Wildman–Crippen LogP) is 3.27. The molecule has 0 unspecified atom stereocenters. The zero-order chi connectivity index (χ0) is 23.8. The third kappa shape index (κ3) is 3.94. The third-order valence-electron chi connectivity index (χ3n) is 6.47. The van der Waals surface area contributed by atoms with Crippen LogP contribution in [0.15, 0.2) is 37.1 Å². The summed E-state index contributed by atoms with van der Waals surface area (Å²) in [5.74, 6) is 8.53. The summed E-state index contributed by atoms with van der Waals surface area (Å²) in [7, 11) is 3.21. The first-order valence-electron chi connectivity index (χ1n) is 11.4. The van der Waals surface area contributed by atoms with Crippen molar-refractivity contribution in [2.75, 3.05) is 33.0 Å². The SMILES string of the molecule is C=CC(=O)N1CC[C@H](n2nc(C#Cc3cc(OC)cc(OC)c3)c3c(N)ncc(C4CC4)c32)C1. The van der Waals surface area contributed by atoms with Crippen LogP contribution in [-0.4, -0.2) is 52.9 Å². The molecule has 1 saturated heterocycles. The van der Waals surface area contributed by atoms with E-state index in [-0.39, 0.29) is 11.9 Å². The number of hydrogen-bond donors (Lipinski definition) is 1. The molecule has 1 atom stereocenters. The quantitative estimate of drug-likeness (QED) is 0.467. The van der Waals surface area contributed by atoms with E-state index in [1.165, 1.54) is 6.08 Å². The van der Waals surface area contributed by atoms with Crippen LogP contribution >= 0.6 is 0 Å². The van der Waals surface area contributed by atoms with Crippen LogP contribution in [0.1, 0.15) is 48.0 Å². The van der Waals surface area contributed by atoms with Crippen molar-refractivity contribution in [2.24, 2.45) is 0 Å². The highest BCUT2D eigenvalue weighted by molar-refractivity contribution is 5.96. The lowest BCUT2D eigenvalue weighted by Gasteiger charge is -2.16. The number of pyridine rings is 1. The molecule has 5 rings (SSSR count). The number of aromatic nitrogens is 3. The summed E-state index contributed by atoms with van der Waals surface area (Å²) in [6.45, 7) is 4.86. The van der Waals surface area contributed by atoms with Gasteiger partial charge in [-0.15, -0.1) is 0 Å². The van der Waals surface area contributed by atoms with Crippen LogP contribution in [0.5, 0.6) is 11.5 Å². The number of ether oxygens (including phenoxy) is 2. The fourth-order valence-electron chi connectivity index (χ4n) is 4.54. The first-order chi connectivity index (χ1) is 16.5. The largest absolute Gasteiger partial charge is 0.497 e. The third-order valence-corrected chi connectivity index (χ3v) is 6.47. The number of nitrogens with zero attached hydrogens (tertiary/aromatic N) is 4. The van der Waals surface area contributed by atoms with Crippen LogP contribution in [0, 0.1) is 11.8 Å². The van der Waals surface area contributed by atoms with Crippen molar-refractivity contribution in [1.82, 2.24) is 19.7 Å². The maximum atomic E-state index is 12.2. The molecule has 2 aromatic heterocycles. The van der Waals surface area contributed by atoms with E-state index < -0.39 is 0 Å². The Morgan fingerprint density at radius 1 is 1.18 bits per heavy atom. The molecule has 1 aliphatic heterocycles. The number of amides is 1. The number of anilines is 1. The van der Waals surface area contributed by atoms with Crippen molar-refractivity contribution < 1.29 is 14.3 Å². The van der Waals surface area contributed by atoms with Gasteiger partial charge in [0.15, 0.2) is 0 Å². The number of carbonyl (C=O) groups excluding carboxylic acids is 1. The van der Waals surface area contributed by atoms with Gasteiger partial charge in [0, 0.05) is 30.9 Å². The molecule has 1 aromatic carbocycles. The van der Waals surface area contributed by atoms with Crippen molar-refractivity contribution in [2.45, 2.75) is 31.2 Å². The van der Waals surface area contributed by atoms with Crippen molar-refractivity contribution >= 4 is 22.6 Å². The molecular weight excluding hydrogens is 430 g/mol. The van der Waals surface area contributed by atoms with Crippen molar-refractivity contribution in [1.29, 1.82) is 0 Å². The number of likely N-dealkylation sites (tertiary alicyclic amines) is 1. The Hall–Kier alpha value is -3.99. The highest BCUT2D eigenvalue weighted by Gasteiger charge is 2.33. The Balaban J connectivity index is 1.62. The zero-order valence-corrected chi connectivity index (χ0v) is 19.4. The van der Waals surface area contributed by atoms with Gasteiger partial charge in [0.25, 0.3) is 0 Å².